The minimum Gasteiger partial charge on any atom is -0.477 e. The van der Waals surface area contributed by atoms with Crippen LogP contribution >= 0.6 is 0 Å². The normalized spacial score (nSPS) is 43.6. The van der Waals surface area contributed by atoms with Crippen molar-refractivity contribution in [3.8, 4) is 0 Å². The van der Waals surface area contributed by atoms with Gasteiger partial charge in [-0.25, -0.2) is 4.79 Å². The molecule has 5 saturated heterocycles. The van der Waals surface area contributed by atoms with Crippen LogP contribution in [0.1, 0.15) is 34.1 Å². The highest BCUT2D eigenvalue weighted by molar-refractivity contribution is 5.77. The van der Waals surface area contributed by atoms with Gasteiger partial charge in [-0.2, -0.15) is 0 Å². The predicted molar refractivity (Wildman–Crippen MR) is 230 cm³/mol. The number of rotatable bonds is 20. The van der Waals surface area contributed by atoms with Crippen molar-refractivity contribution in [1.82, 2.24) is 21.3 Å². The number of ether oxygens (including phenoxy) is 9. The summed E-state index contributed by atoms with van der Waals surface area (Å²) in [6, 6.07) is -6.89. The molecule has 74 heavy (non-hydrogen) atoms. The van der Waals surface area contributed by atoms with Gasteiger partial charge in [-0.05, 0) is 0 Å². The zero-order chi connectivity index (χ0) is 55.3. The number of carbonyl (C=O) groups is 5. The molecule has 19 N–H and O–H groups in total. The van der Waals surface area contributed by atoms with E-state index in [4.69, 9.17) is 42.6 Å². The Morgan fingerprint density at radius 3 is 1.49 bits per heavy atom. The maximum atomic E-state index is 13.5. The van der Waals surface area contributed by atoms with Crippen LogP contribution in [-0.2, 0) is 66.6 Å². The van der Waals surface area contributed by atoms with Gasteiger partial charge in [-0.3, -0.25) is 19.2 Å². The average Bonchev–Trinajstić information content (AvgIpc) is 3.33. The van der Waals surface area contributed by atoms with Crippen molar-refractivity contribution in [2.75, 3.05) is 33.0 Å². The highest BCUT2D eigenvalue weighted by Gasteiger charge is 2.62. The molecule has 4 amide bonds. The molecule has 426 valence electrons. The Morgan fingerprint density at radius 1 is 0.527 bits per heavy atom. The predicted octanol–water partition coefficient (Wildman–Crippen LogP) is -12.1. The molecule has 0 aromatic heterocycles. The summed E-state index contributed by atoms with van der Waals surface area (Å²) in [6.07, 6.45) is -43.8. The molecule has 0 aromatic carbocycles. The molecular weight excluding hydrogens is 1010 g/mol. The van der Waals surface area contributed by atoms with Gasteiger partial charge < -0.3 is 140 Å². The highest BCUT2D eigenvalue weighted by Crippen LogP contribution is 2.40. The Hall–Kier alpha value is -3.57. The zero-order valence-electron chi connectivity index (χ0n) is 40.1. The minimum atomic E-state index is -3.33. The number of aliphatic hydroxyl groups is 14. The van der Waals surface area contributed by atoms with Crippen molar-refractivity contribution in [3.05, 3.63) is 0 Å². The maximum Gasteiger partial charge on any atom is 0.364 e. The molecule has 0 radical (unpaired) electrons. The summed E-state index contributed by atoms with van der Waals surface area (Å²) < 4.78 is 52.6. The number of nitrogens with one attached hydrogen (secondary N) is 4. The first kappa shape index (κ1) is 61.3. The van der Waals surface area contributed by atoms with Crippen molar-refractivity contribution in [2.24, 2.45) is 0 Å². The summed E-state index contributed by atoms with van der Waals surface area (Å²) in [4.78, 5) is 62.8. The quantitative estimate of drug-likeness (QED) is 0.0538. The second-order valence-corrected chi connectivity index (χ2v) is 18.3. The van der Waals surface area contributed by atoms with E-state index in [0.717, 1.165) is 27.7 Å². The molecule has 5 aliphatic heterocycles. The van der Waals surface area contributed by atoms with E-state index in [-0.39, 0.29) is 0 Å². The molecule has 5 rings (SSSR count). The van der Waals surface area contributed by atoms with E-state index in [2.05, 4.69) is 21.3 Å². The van der Waals surface area contributed by atoms with E-state index < -0.39 is 228 Å². The highest BCUT2D eigenvalue weighted by atomic mass is 16.8. The Morgan fingerprint density at radius 2 is 0.973 bits per heavy atom. The van der Waals surface area contributed by atoms with Crippen LogP contribution in [0.3, 0.4) is 0 Å². The summed E-state index contributed by atoms with van der Waals surface area (Å²) >= 11 is 0. The van der Waals surface area contributed by atoms with Crippen LogP contribution in [-0.4, -0.2) is 298 Å². The number of hydrogen-bond acceptors (Lipinski definition) is 28. The average molecular weight is 1080 g/mol. The number of amides is 4. The van der Waals surface area contributed by atoms with Crippen molar-refractivity contribution in [2.45, 2.75) is 193 Å². The third kappa shape index (κ3) is 13.6. The van der Waals surface area contributed by atoms with Gasteiger partial charge >= 0.3 is 5.97 Å². The zero-order valence-corrected chi connectivity index (χ0v) is 40.1. The molecule has 0 aromatic rings. The molecule has 0 spiro atoms. The summed E-state index contributed by atoms with van der Waals surface area (Å²) in [5, 5.41) is 172. The van der Waals surface area contributed by atoms with Crippen LogP contribution in [0.2, 0.25) is 0 Å². The Balaban J connectivity index is 1.58. The molecule has 0 unspecified atom stereocenters. The standard InChI is InChI=1S/C41H68N4O29/c1-11(51)42-21-15(55)5-41(40(64)65,73-34(21)25(57)16(56)6-46)74-35-30(62)39(69-20(10-50)32(35)71-37-22(43-12(2)52)28(60)26(58)17(7-47)67-37)70-31-19(9-49)68-38(23(29(31)61)44-13(3)53)72-33-24(45-14(4)54)36(63)66-18(8-48)27(33)59/h15-39,46-50,55-63H,5-10H2,1-4H3,(H,42,51)(H,43,52)(H,44,53)(H,45,54)(H,64,65)/t15-,16+,17+,18+,19+,20+,21+,22+,23+,24+,25+,26-,27-,28+,29+,30+,31+,32-,33+,34+,35+,36-,37-,38-,39-,41-/m0/s1. The smallest absolute Gasteiger partial charge is 0.364 e. The molecular formula is C41H68N4O29. The molecule has 0 bridgehead atoms. The van der Waals surface area contributed by atoms with Gasteiger partial charge in [0, 0.05) is 34.1 Å². The SMILES string of the molecule is CC(=O)N[C@@H]1[C@@H](O[C@@H]2O[C@H](CO)[C@@H](O[C@@H]3O[C@H](CO)[C@H](O[C@@H]4O[C@H](CO)[C@H](O)[C@H](O)[C@H]4NC(C)=O)[C@H](O[C@]4(C(=O)O)C[C@H](O)[C@@H](NC(C)=O)[C@H]([C@H](O)[C@H](O)CO)O4)[C@H]3O)[C@H](O)[C@H]2NC(C)=O)[C@@H](O)[C@@H](CO)O[C@@H]1O. The molecule has 26 atom stereocenters. The van der Waals surface area contributed by atoms with E-state index in [1.807, 2.05) is 0 Å². The van der Waals surface area contributed by atoms with Gasteiger partial charge in [0.05, 0.1) is 45.2 Å². The summed E-state index contributed by atoms with van der Waals surface area (Å²) in [5.41, 5.74) is 0. The fraction of sp³-hybridized carbons (Fsp3) is 0.878. The minimum absolute atomic E-state index is 0.759. The fourth-order valence-corrected chi connectivity index (χ4v) is 9.35. The second kappa shape index (κ2) is 26.2. The van der Waals surface area contributed by atoms with Crippen LogP contribution in [0.4, 0.5) is 0 Å². The first-order valence-electron chi connectivity index (χ1n) is 23.2. The van der Waals surface area contributed by atoms with Gasteiger partial charge in [0.25, 0.3) is 5.79 Å². The van der Waals surface area contributed by atoms with Crippen molar-refractivity contribution in [1.29, 1.82) is 0 Å². The Bertz CT molecular complexity index is 1900. The van der Waals surface area contributed by atoms with Crippen LogP contribution in [0.15, 0.2) is 0 Å². The van der Waals surface area contributed by atoms with E-state index in [1.54, 1.807) is 0 Å². The largest absolute Gasteiger partial charge is 0.477 e. The number of hydrogen-bond donors (Lipinski definition) is 19. The first-order valence-corrected chi connectivity index (χ1v) is 23.2. The lowest BCUT2D eigenvalue weighted by atomic mass is 9.88. The number of aliphatic carboxylic acids is 1. The molecule has 33 heteroatoms. The monoisotopic (exact) mass is 1080 g/mol. The van der Waals surface area contributed by atoms with E-state index in [0.29, 0.717) is 0 Å². The maximum absolute atomic E-state index is 13.5. The second-order valence-electron chi connectivity index (χ2n) is 18.3. The van der Waals surface area contributed by atoms with Crippen LogP contribution in [0.5, 0.6) is 0 Å². The molecule has 5 aliphatic rings. The number of aliphatic hydroxyl groups excluding tert-OH is 14. The van der Waals surface area contributed by atoms with Gasteiger partial charge in [0.1, 0.15) is 116 Å². The van der Waals surface area contributed by atoms with Crippen molar-refractivity contribution >= 4 is 29.6 Å². The summed E-state index contributed by atoms with van der Waals surface area (Å²) in [7, 11) is 0. The van der Waals surface area contributed by atoms with E-state index in [9.17, 15) is 101 Å². The third-order valence-electron chi connectivity index (χ3n) is 12.9. The lowest BCUT2D eigenvalue weighted by molar-refractivity contribution is -0.399. The van der Waals surface area contributed by atoms with Crippen LogP contribution in [0.25, 0.3) is 0 Å². The molecule has 0 saturated carbocycles. The van der Waals surface area contributed by atoms with Crippen LogP contribution in [0, 0.1) is 0 Å². The van der Waals surface area contributed by atoms with Gasteiger partial charge in [0.15, 0.2) is 25.2 Å². The van der Waals surface area contributed by atoms with E-state index >= 15 is 0 Å². The fourth-order valence-electron chi connectivity index (χ4n) is 9.35. The Kier molecular flexibility index (Phi) is 21.7. The molecule has 5 heterocycles. The molecule has 5 fully saturated rings. The van der Waals surface area contributed by atoms with Gasteiger partial charge in [-0.15, -0.1) is 0 Å². The van der Waals surface area contributed by atoms with E-state index in [1.165, 1.54) is 0 Å². The summed E-state index contributed by atoms with van der Waals surface area (Å²) in [6.45, 7) is -1.39. The van der Waals surface area contributed by atoms with Crippen LogP contribution < -0.4 is 21.3 Å². The van der Waals surface area contributed by atoms with Crippen molar-refractivity contribution < 1.29 is 143 Å². The number of carboxylic acids is 1. The van der Waals surface area contributed by atoms with Gasteiger partial charge in [-0.1, -0.05) is 0 Å². The van der Waals surface area contributed by atoms with Gasteiger partial charge in [0.2, 0.25) is 23.6 Å². The topological polar surface area (TPSA) is 520 Å². The third-order valence-corrected chi connectivity index (χ3v) is 12.9. The molecule has 33 nitrogen and oxygen atoms in total. The first-order chi connectivity index (χ1) is 34.8. The lowest BCUT2D eigenvalue weighted by Crippen LogP contribution is -2.72. The number of carbonyl (C=O) groups excluding carboxylic acids is 4. The lowest BCUT2D eigenvalue weighted by Gasteiger charge is -2.52. The Labute approximate surface area is 419 Å². The molecule has 0 aliphatic carbocycles. The summed E-state index contributed by atoms with van der Waals surface area (Å²) in [5.74, 6) is -8.80. The number of carboxylic acid groups (broad SMARTS) is 1. The van der Waals surface area contributed by atoms with Crippen molar-refractivity contribution in [3.63, 3.8) is 0 Å².